The Hall–Kier alpha value is -0.700. The van der Waals surface area contributed by atoms with Gasteiger partial charge in [-0.15, -0.1) is 0 Å². The van der Waals surface area contributed by atoms with Gasteiger partial charge in [-0.2, -0.15) is 0 Å². The predicted molar refractivity (Wildman–Crippen MR) is 42.4 cm³/mol. The molecule has 0 heterocycles. The fraction of sp³-hybridized carbons (Fsp3) is 0.143. The number of aromatic hydroxyl groups is 2. The van der Waals surface area contributed by atoms with Gasteiger partial charge in [-0.1, -0.05) is 22.0 Å². The molecule has 0 spiro atoms. The van der Waals surface area contributed by atoms with Crippen LogP contribution in [0, 0.1) is 0 Å². The molecule has 10 heavy (non-hydrogen) atoms. The summed E-state index contributed by atoms with van der Waals surface area (Å²) in [6.07, 6.45) is 0. The van der Waals surface area contributed by atoms with Crippen molar-refractivity contribution in [2.75, 3.05) is 0 Å². The number of hydrogen-bond donors (Lipinski definition) is 2. The summed E-state index contributed by atoms with van der Waals surface area (Å²) in [5.41, 5.74) is 0.776. The Bertz CT molecular complexity index is 235. The second kappa shape index (κ2) is 2.92. The maximum Gasteiger partial charge on any atom is 0.123 e. The minimum Gasteiger partial charge on any atom is -0.508 e. The van der Waals surface area contributed by atoms with Gasteiger partial charge >= 0.3 is 0 Å². The van der Waals surface area contributed by atoms with Crippen LogP contribution in [-0.4, -0.2) is 10.2 Å². The SMILES string of the molecule is Oc1ccc(CBr)c(O)c1. The zero-order valence-electron chi connectivity index (χ0n) is 5.21. The van der Waals surface area contributed by atoms with Crippen molar-refractivity contribution in [3.05, 3.63) is 23.8 Å². The van der Waals surface area contributed by atoms with E-state index < -0.39 is 0 Å². The molecule has 0 amide bonds. The zero-order valence-corrected chi connectivity index (χ0v) is 6.80. The lowest BCUT2D eigenvalue weighted by Crippen LogP contribution is -1.76. The molecule has 0 aromatic heterocycles. The Morgan fingerprint density at radius 3 is 2.50 bits per heavy atom. The van der Waals surface area contributed by atoms with Gasteiger partial charge in [-0.05, 0) is 6.07 Å². The van der Waals surface area contributed by atoms with Crippen molar-refractivity contribution < 1.29 is 10.2 Å². The number of phenolic OH excluding ortho intramolecular Hbond substituents is 2. The smallest absolute Gasteiger partial charge is 0.123 e. The molecule has 2 nitrogen and oxygen atoms in total. The molecule has 0 radical (unpaired) electrons. The van der Waals surface area contributed by atoms with Crippen LogP contribution in [0.4, 0.5) is 0 Å². The molecule has 0 aliphatic rings. The molecule has 1 aromatic rings. The number of halogens is 1. The summed E-state index contributed by atoms with van der Waals surface area (Å²) in [6, 6.07) is 4.52. The topological polar surface area (TPSA) is 40.5 Å². The Labute approximate surface area is 67.3 Å². The van der Waals surface area contributed by atoms with Crippen molar-refractivity contribution in [1.82, 2.24) is 0 Å². The summed E-state index contributed by atoms with van der Waals surface area (Å²) in [5.74, 6) is 0.207. The van der Waals surface area contributed by atoms with Gasteiger partial charge in [0.2, 0.25) is 0 Å². The highest BCUT2D eigenvalue weighted by atomic mass is 79.9. The van der Waals surface area contributed by atoms with Crippen LogP contribution in [0.5, 0.6) is 11.5 Å². The average Bonchev–Trinajstić information content (AvgIpc) is 1.88. The van der Waals surface area contributed by atoms with E-state index in [4.69, 9.17) is 10.2 Å². The van der Waals surface area contributed by atoms with Crippen LogP contribution >= 0.6 is 15.9 Å². The van der Waals surface area contributed by atoms with Gasteiger partial charge in [0, 0.05) is 17.0 Å². The van der Waals surface area contributed by atoms with Gasteiger partial charge in [0.05, 0.1) is 0 Å². The largest absolute Gasteiger partial charge is 0.508 e. The molecule has 0 fully saturated rings. The van der Waals surface area contributed by atoms with E-state index in [0.717, 1.165) is 5.56 Å². The third-order valence-corrected chi connectivity index (χ3v) is 1.82. The van der Waals surface area contributed by atoms with Crippen LogP contribution in [0.2, 0.25) is 0 Å². The van der Waals surface area contributed by atoms with Gasteiger partial charge in [-0.3, -0.25) is 0 Å². The lowest BCUT2D eigenvalue weighted by atomic mass is 10.2. The third-order valence-electron chi connectivity index (χ3n) is 1.21. The number of benzene rings is 1. The lowest BCUT2D eigenvalue weighted by Gasteiger charge is -1.99. The average molecular weight is 203 g/mol. The van der Waals surface area contributed by atoms with E-state index >= 15 is 0 Å². The van der Waals surface area contributed by atoms with Crippen LogP contribution in [0.1, 0.15) is 5.56 Å². The van der Waals surface area contributed by atoms with E-state index in [2.05, 4.69) is 15.9 Å². The summed E-state index contributed by atoms with van der Waals surface area (Å²) < 4.78 is 0. The van der Waals surface area contributed by atoms with Gasteiger partial charge in [0.1, 0.15) is 11.5 Å². The molecule has 54 valence electrons. The Morgan fingerprint density at radius 2 is 2.00 bits per heavy atom. The molecule has 0 saturated heterocycles. The Kier molecular flexibility index (Phi) is 2.17. The van der Waals surface area contributed by atoms with Crippen LogP contribution in [0.15, 0.2) is 18.2 Å². The van der Waals surface area contributed by atoms with Crippen molar-refractivity contribution >= 4 is 15.9 Å². The molecule has 0 aliphatic carbocycles. The van der Waals surface area contributed by atoms with Gasteiger partial charge in [0.15, 0.2) is 0 Å². The first kappa shape index (κ1) is 7.41. The summed E-state index contributed by atoms with van der Waals surface area (Å²) in [5, 5.41) is 18.6. The quantitative estimate of drug-likeness (QED) is 0.685. The van der Waals surface area contributed by atoms with Crippen LogP contribution in [-0.2, 0) is 5.33 Å². The maximum atomic E-state index is 9.10. The molecule has 0 atom stereocenters. The van der Waals surface area contributed by atoms with E-state index in [-0.39, 0.29) is 11.5 Å². The van der Waals surface area contributed by atoms with E-state index in [9.17, 15) is 0 Å². The standard InChI is InChI=1S/C7H7BrO2/c8-4-5-1-2-6(9)3-7(5)10/h1-3,9-10H,4H2. The maximum absolute atomic E-state index is 9.10. The molecule has 1 aromatic carbocycles. The van der Waals surface area contributed by atoms with Crippen LogP contribution in [0.3, 0.4) is 0 Å². The van der Waals surface area contributed by atoms with E-state index in [1.54, 1.807) is 6.07 Å². The highest BCUT2D eigenvalue weighted by molar-refractivity contribution is 9.08. The second-order valence-corrected chi connectivity index (χ2v) is 2.51. The zero-order chi connectivity index (χ0) is 7.56. The molecular weight excluding hydrogens is 196 g/mol. The Morgan fingerprint density at radius 1 is 1.30 bits per heavy atom. The van der Waals surface area contributed by atoms with E-state index in [1.807, 2.05) is 0 Å². The molecule has 3 heteroatoms. The second-order valence-electron chi connectivity index (χ2n) is 1.95. The molecule has 2 N–H and O–H groups in total. The third kappa shape index (κ3) is 1.42. The molecule has 0 unspecified atom stereocenters. The number of rotatable bonds is 1. The minimum absolute atomic E-state index is 0.0854. The highest BCUT2D eigenvalue weighted by Crippen LogP contribution is 2.23. The van der Waals surface area contributed by atoms with E-state index in [1.165, 1.54) is 12.1 Å². The molecule has 1 rings (SSSR count). The van der Waals surface area contributed by atoms with Crippen molar-refractivity contribution in [2.45, 2.75) is 5.33 Å². The van der Waals surface area contributed by atoms with Crippen molar-refractivity contribution in [1.29, 1.82) is 0 Å². The number of hydrogen-bond acceptors (Lipinski definition) is 2. The molecule has 0 bridgehead atoms. The highest BCUT2D eigenvalue weighted by Gasteiger charge is 1.98. The fourth-order valence-electron chi connectivity index (χ4n) is 0.665. The first-order valence-corrected chi connectivity index (χ1v) is 3.93. The van der Waals surface area contributed by atoms with Gasteiger partial charge in [-0.25, -0.2) is 0 Å². The number of phenols is 2. The molecule has 0 aliphatic heterocycles. The predicted octanol–water partition coefficient (Wildman–Crippen LogP) is 1.99. The molecule has 0 saturated carbocycles. The first-order chi connectivity index (χ1) is 4.74. The van der Waals surface area contributed by atoms with E-state index in [0.29, 0.717) is 5.33 Å². The summed E-state index contributed by atoms with van der Waals surface area (Å²) >= 11 is 3.19. The lowest BCUT2D eigenvalue weighted by molar-refractivity contribution is 0.447. The minimum atomic E-state index is 0.0854. The van der Waals surface area contributed by atoms with Gasteiger partial charge < -0.3 is 10.2 Å². The monoisotopic (exact) mass is 202 g/mol. The van der Waals surface area contributed by atoms with Crippen molar-refractivity contribution in [3.8, 4) is 11.5 Å². The summed E-state index contributed by atoms with van der Waals surface area (Å²) in [6.45, 7) is 0. The fourth-order valence-corrected chi connectivity index (χ4v) is 1.14. The normalized spacial score (nSPS) is 9.70. The van der Waals surface area contributed by atoms with Crippen LogP contribution in [0.25, 0.3) is 0 Å². The number of alkyl halides is 1. The van der Waals surface area contributed by atoms with Gasteiger partial charge in [0.25, 0.3) is 0 Å². The Balaban J connectivity index is 3.07. The summed E-state index contributed by atoms with van der Waals surface area (Å²) in [7, 11) is 0. The summed E-state index contributed by atoms with van der Waals surface area (Å²) in [4.78, 5) is 0. The van der Waals surface area contributed by atoms with Crippen molar-refractivity contribution in [3.63, 3.8) is 0 Å². The van der Waals surface area contributed by atoms with Crippen LogP contribution < -0.4 is 0 Å². The first-order valence-electron chi connectivity index (χ1n) is 2.81. The van der Waals surface area contributed by atoms with Crippen molar-refractivity contribution in [2.24, 2.45) is 0 Å². The molecular formula is C7H7BrO2.